The third-order valence-corrected chi connectivity index (χ3v) is 5.61. The number of carbonyl (C=O) groups excluding carboxylic acids is 1. The number of H-pyrrole nitrogens is 1. The molecule has 3 N–H and O–H groups in total. The van der Waals surface area contributed by atoms with Crippen molar-refractivity contribution in [2.45, 2.75) is 18.9 Å². The summed E-state index contributed by atoms with van der Waals surface area (Å²) in [5, 5.41) is 9.56. The molecular formula is C21H21BN8O2. The van der Waals surface area contributed by atoms with Gasteiger partial charge in [0.2, 0.25) is 0 Å². The van der Waals surface area contributed by atoms with Crippen LogP contribution in [0.3, 0.4) is 0 Å². The first-order valence-electron chi connectivity index (χ1n) is 10.3. The van der Waals surface area contributed by atoms with Gasteiger partial charge in [-0.15, -0.1) is 10.2 Å². The molecule has 0 aromatic carbocycles. The summed E-state index contributed by atoms with van der Waals surface area (Å²) in [5.74, 6) is 5.90. The maximum atomic E-state index is 13.4. The van der Waals surface area contributed by atoms with Crippen LogP contribution in [0.15, 0.2) is 70.7 Å². The molecule has 5 heterocycles. The van der Waals surface area contributed by atoms with E-state index in [0.29, 0.717) is 25.1 Å². The highest BCUT2D eigenvalue weighted by Crippen LogP contribution is 2.33. The molecule has 0 bridgehead atoms. The van der Waals surface area contributed by atoms with Crippen molar-refractivity contribution in [3.8, 4) is 11.6 Å². The van der Waals surface area contributed by atoms with Crippen LogP contribution in [0.4, 0.5) is 0 Å². The molecule has 0 saturated carbocycles. The summed E-state index contributed by atoms with van der Waals surface area (Å²) < 4.78 is 5.67. The number of imidazole rings is 1. The number of amides is 1. The number of allylic oxidation sites excluding steroid dienone is 3. The van der Waals surface area contributed by atoms with Gasteiger partial charge in [0.05, 0.1) is 18.1 Å². The van der Waals surface area contributed by atoms with Crippen LogP contribution in [0.2, 0.25) is 0 Å². The smallest absolute Gasteiger partial charge is 0.312 e. The second-order valence-electron chi connectivity index (χ2n) is 7.58. The number of nitrogens with one attached hydrogen (secondary N) is 1. The molecule has 0 fully saturated rings. The van der Waals surface area contributed by atoms with E-state index in [9.17, 15) is 4.79 Å². The van der Waals surface area contributed by atoms with Crippen LogP contribution in [-0.2, 0) is 6.42 Å². The number of pyridine rings is 1. The standard InChI is InChI=1S/C21H21BN8O2/c22-13-4-3-10-30(23)16(13)6-7-17-18-14(25-12-26-18)8-11-29(17)21(31)20-28-27-19(32-20)15-5-1-2-9-24-15/h1-6,9-10,12,17H,7-8,11,22-23H2,(H,25,26)/b16-6-/t17-/m0/s1. The van der Waals surface area contributed by atoms with Gasteiger partial charge in [-0.2, -0.15) is 0 Å². The van der Waals surface area contributed by atoms with Gasteiger partial charge in [0, 0.05) is 36.8 Å². The lowest BCUT2D eigenvalue weighted by Crippen LogP contribution is -2.40. The van der Waals surface area contributed by atoms with Crippen LogP contribution in [0, 0.1) is 0 Å². The summed E-state index contributed by atoms with van der Waals surface area (Å²) in [6.45, 7) is 0.504. The Morgan fingerprint density at radius 3 is 3.06 bits per heavy atom. The number of aromatic amines is 1. The van der Waals surface area contributed by atoms with Gasteiger partial charge in [0.15, 0.2) is 0 Å². The Morgan fingerprint density at radius 1 is 1.34 bits per heavy atom. The van der Waals surface area contributed by atoms with E-state index in [0.717, 1.165) is 22.6 Å². The lowest BCUT2D eigenvalue weighted by Gasteiger charge is -2.34. The molecule has 3 aromatic rings. The van der Waals surface area contributed by atoms with E-state index < -0.39 is 0 Å². The molecule has 3 aromatic heterocycles. The number of hydrogen-bond donors (Lipinski definition) is 2. The minimum atomic E-state index is -0.336. The van der Waals surface area contributed by atoms with Crippen LogP contribution >= 0.6 is 0 Å². The molecule has 11 heteroatoms. The summed E-state index contributed by atoms with van der Waals surface area (Å²) in [5.41, 5.74) is 4.31. The molecule has 160 valence electrons. The molecule has 0 spiro atoms. The number of hydrogen-bond acceptors (Lipinski definition) is 8. The molecule has 2 aliphatic heterocycles. The largest absolute Gasteiger partial charge is 0.411 e. The van der Waals surface area contributed by atoms with E-state index in [-0.39, 0.29) is 23.7 Å². The van der Waals surface area contributed by atoms with Gasteiger partial charge in [0.25, 0.3) is 5.89 Å². The highest BCUT2D eigenvalue weighted by Gasteiger charge is 2.35. The fourth-order valence-electron chi connectivity index (χ4n) is 4.00. The first-order valence-corrected chi connectivity index (χ1v) is 10.3. The van der Waals surface area contributed by atoms with E-state index in [4.69, 9.17) is 10.3 Å². The van der Waals surface area contributed by atoms with Gasteiger partial charge in [-0.1, -0.05) is 23.7 Å². The van der Waals surface area contributed by atoms with Gasteiger partial charge in [0.1, 0.15) is 13.5 Å². The van der Waals surface area contributed by atoms with Crippen molar-refractivity contribution in [2.75, 3.05) is 6.54 Å². The average Bonchev–Trinajstić information content (AvgIpc) is 3.49. The van der Waals surface area contributed by atoms with Crippen molar-refractivity contribution in [2.24, 2.45) is 5.84 Å². The van der Waals surface area contributed by atoms with E-state index in [1.807, 2.05) is 32.1 Å². The van der Waals surface area contributed by atoms with E-state index in [1.54, 1.807) is 40.8 Å². The first kappa shape index (κ1) is 19.9. The van der Waals surface area contributed by atoms with Crippen molar-refractivity contribution in [3.63, 3.8) is 0 Å². The molecule has 0 saturated heterocycles. The minimum Gasteiger partial charge on any atom is -0.411 e. The summed E-state index contributed by atoms with van der Waals surface area (Å²) >= 11 is 0. The fraction of sp³-hybridized carbons (Fsp3) is 0.190. The van der Waals surface area contributed by atoms with Crippen LogP contribution in [-0.4, -0.2) is 55.4 Å². The van der Waals surface area contributed by atoms with E-state index in [1.165, 1.54) is 0 Å². The summed E-state index contributed by atoms with van der Waals surface area (Å²) in [4.78, 5) is 27.0. The third-order valence-electron chi connectivity index (χ3n) is 5.61. The average molecular weight is 428 g/mol. The highest BCUT2D eigenvalue weighted by molar-refractivity contribution is 6.24. The number of hydrazine groups is 1. The Morgan fingerprint density at radius 2 is 2.25 bits per heavy atom. The minimum absolute atomic E-state index is 0.0700. The predicted octanol–water partition coefficient (Wildman–Crippen LogP) is 1.09. The molecular weight excluding hydrogens is 407 g/mol. The predicted molar refractivity (Wildman–Crippen MR) is 118 cm³/mol. The van der Waals surface area contributed by atoms with Gasteiger partial charge in [-0.05, 0) is 24.6 Å². The zero-order valence-electron chi connectivity index (χ0n) is 17.5. The number of rotatable bonds is 4. The second-order valence-corrected chi connectivity index (χ2v) is 7.58. The fourth-order valence-corrected chi connectivity index (χ4v) is 4.00. The molecule has 5 rings (SSSR count). The van der Waals surface area contributed by atoms with E-state index in [2.05, 4.69) is 25.1 Å². The van der Waals surface area contributed by atoms with Gasteiger partial charge >= 0.3 is 11.8 Å². The Balaban J connectivity index is 1.43. The molecule has 1 amide bonds. The SMILES string of the molecule is BC1=CC=CN(N)/C1=C\C[C@H]1c2nc[nH]c2CCN1C(=O)c1nnc(-c2ccccn2)o1. The normalized spacial score (nSPS) is 19.2. The molecule has 0 radical (unpaired) electrons. The molecule has 0 unspecified atom stereocenters. The van der Waals surface area contributed by atoms with Crippen LogP contribution in [0.5, 0.6) is 0 Å². The maximum absolute atomic E-state index is 13.4. The first-order chi connectivity index (χ1) is 15.6. The lowest BCUT2D eigenvalue weighted by molar-refractivity contribution is 0.0616. The quantitative estimate of drug-likeness (QED) is 0.467. The monoisotopic (exact) mass is 428 g/mol. The summed E-state index contributed by atoms with van der Waals surface area (Å²) in [6.07, 6.45) is 12.2. The Labute approximate surface area is 184 Å². The van der Waals surface area contributed by atoms with Crippen LogP contribution in [0.25, 0.3) is 11.6 Å². The number of carbonyl (C=O) groups is 1. The van der Waals surface area contributed by atoms with Crippen LogP contribution in [0.1, 0.15) is 34.5 Å². The van der Waals surface area contributed by atoms with Crippen molar-refractivity contribution >= 4 is 13.8 Å². The van der Waals surface area contributed by atoms with Crippen LogP contribution < -0.4 is 5.84 Å². The Kier molecular flexibility index (Phi) is 5.16. The number of aromatic nitrogens is 5. The lowest BCUT2D eigenvalue weighted by atomic mass is 9.88. The van der Waals surface area contributed by atoms with Gasteiger partial charge in [-0.25, -0.2) is 10.8 Å². The van der Waals surface area contributed by atoms with Crippen molar-refractivity contribution < 1.29 is 9.21 Å². The third kappa shape index (κ3) is 3.62. The molecule has 10 nitrogen and oxygen atoms in total. The Bertz CT molecular complexity index is 1230. The zero-order valence-corrected chi connectivity index (χ0v) is 17.5. The van der Waals surface area contributed by atoms with Crippen molar-refractivity contribution in [3.05, 3.63) is 83.6 Å². The number of nitrogens with zero attached hydrogens (tertiary/aromatic N) is 6. The molecule has 2 aliphatic rings. The maximum Gasteiger partial charge on any atom is 0.312 e. The zero-order chi connectivity index (χ0) is 22.1. The molecule has 1 atom stereocenters. The molecule has 32 heavy (non-hydrogen) atoms. The second kappa shape index (κ2) is 8.27. The summed E-state index contributed by atoms with van der Waals surface area (Å²) in [7, 11) is 2.00. The van der Waals surface area contributed by atoms with Gasteiger partial charge in [-0.3, -0.25) is 14.8 Å². The van der Waals surface area contributed by atoms with E-state index >= 15 is 0 Å². The number of nitrogens with two attached hydrogens (primary N) is 1. The summed E-state index contributed by atoms with van der Waals surface area (Å²) in [6, 6.07) is 5.07. The number of fused-ring (bicyclic) bond motifs is 1. The Hall–Kier alpha value is -3.99. The van der Waals surface area contributed by atoms with Crippen molar-refractivity contribution in [1.82, 2.24) is 35.1 Å². The molecule has 0 aliphatic carbocycles. The highest BCUT2D eigenvalue weighted by atomic mass is 16.4. The van der Waals surface area contributed by atoms with Gasteiger partial charge < -0.3 is 14.3 Å². The topological polar surface area (TPSA) is 130 Å². The van der Waals surface area contributed by atoms with Crippen molar-refractivity contribution in [1.29, 1.82) is 0 Å².